The lowest BCUT2D eigenvalue weighted by Gasteiger charge is -2.33. The molecule has 1 aromatic rings. The second-order valence-electron chi connectivity index (χ2n) is 6.08. The van der Waals surface area contributed by atoms with Crippen LogP contribution in [0.4, 0.5) is 0 Å². The lowest BCUT2D eigenvalue weighted by molar-refractivity contribution is -0.138. The fourth-order valence-electron chi connectivity index (χ4n) is 3.14. The molecular formula is C17H22N2O2S. The molecule has 2 saturated heterocycles. The Balaban J connectivity index is 1.45. The maximum atomic E-state index is 12.3. The van der Waals surface area contributed by atoms with Crippen molar-refractivity contribution in [2.45, 2.75) is 19.3 Å². The number of likely N-dealkylation sites (tertiary alicyclic amines) is 1. The molecule has 2 aliphatic rings. The molecule has 3 rings (SSSR count). The van der Waals surface area contributed by atoms with Crippen LogP contribution in [0.5, 0.6) is 0 Å². The van der Waals surface area contributed by atoms with E-state index >= 15 is 0 Å². The number of carbonyl (C=O) groups excluding carboxylic acids is 2. The third kappa shape index (κ3) is 3.83. The zero-order chi connectivity index (χ0) is 15.4. The molecule has 0 radical (unpaired) electrons. The highest BCUT2D eigenvalue weighted by atomic mass is 32.2. The van der Waals surface area contributed by atoms with E-state index in [1.165, 1.54) is 5.56 Å². The topological polar surface area (TPSA) is 40.6 Å². The molecule has 0 N–H and O–H groups in total. The molecule has 1 aromatic carbocycles. The Kier molecular flexibility index (Phi) is 5.03. The van der Waals surface area contributed by atoms with Crippen molar-refractivity contribution in [3.05, 3.63) is 35.9 Å². The molecule has 0 unspecified atom stereocenters. The third-order valence-corrected chi connectivity index (χ3v) is 5.43. The molecule has 2 heterocycles. The maximum Gasteiger partial charge on any atom is 0.242 e. The maximum absolute atomic E-state index is 12.3. The first-order chi connectivity index (χ1) is 10.7. The summed E-state index contributed by atoms with van der Waals surface area (Å²) >= 11 is 1.59. The Morgan fingerprint density at radius 2 is 1.91 bits per heavy atom. The number of rotatable bonds is 4. The Bertz CT molecular complexity index is 527. The smallest absolute Gasteiger partial charge is 0.242 e. The molecular weight excluding hydrogens is 296 g/mol. The van der Waals surface area contributed by atoms with Crippen molar-refractivity contribution < 1.29 is 9.59 Å². The molecule has 0 atom stereocenters. The SMILES string of the molecule is O=C(CN1CSCC1=O)N1CCC(Cc2ccccc2)CC1. The number of hydrogen-bond donors (Lipinski definition) is 0. The lowest BCUT2D eigenvalue weighted by atomic mass is 9.90. The second-order valence-corrected chi connectivity index (χ2v) is 7.04. The number of hydrogen-bond acceptors (Lipinski definition) is 3. The number of benzene rings is 1. The highest BCUT2D eigenvalue weighted by Crippen LogP contribution is 2.22. The van der Waals surface area contributed by atoms with Crippen LogP contribution in [0.15, 0.2) is 30.3 Å². The predicted molar refractivity (Wildman–Crippen MR) is 88.5 cm³/mol. The van der Waals surface area contributed by atoms with Crippen LogP contribution in [0.3, 0.4) is 0 Å². The number of piperidine rings is 1. The molecule has 0 bridgehead atoms. The molecule has 2 amide bonds. The monoisotopic (exact) mass is 318 g/mol. The first-order valence-electron chi connectivity index (χ1n) is 7.89. The van der Waals surface area contributed by atoms with Crippen LogP contribution in [0.2, 0.25) is 0 Å². The van der Waals surface area contributed by atoms with Crippen molar-refractivity contribution in [2.75, 3.05) is 31.3 Å². The van der Waals surface area contributed by atoms with E-state index in [-0.39, 0.29) is 18.4 Å². The van der Waals surface area contributed by atoms with Crippen molar-refractivity contribution in [3.8, 4) is 0 Å². The molecule has 5 heteroatoms. The van der Waals surface area contributed by atoms with Gasteiger partial charge in [0.15, 0.2) is 0 Å². The van der Waals surface area contributed by atoms with Gasteiger partial charge in [0.05, 0.1) is 11.6 Å². The minimum Gasteiger partial charge on any atom is -0.341 e. The molecule has 0 saturated carbocycles. The van der Waals surface area contributed by atoms with E-state index in [9.17, 15) is 9.59 Å². The molecule has 0 spiro atoms. The van der Waals surface area contributed by atoms with Gasteiger partial charge < -0.3 is 9.80 Å². The molecule has 2 aliphatic heterocycles. The van der Waals surface area contributed by atoms with Crippen LogP contribution in [0, 0.1) is 5.92 Å². The van der Waals surface area contributed by atoms with Gasteiger partial charge in [0.1, 0.15) is 6.54 Å². The average molecular weight is 318 g/mol. The van der Waals surface area contributed by atoms with Crippen molar-refractivity contribution in [1.82, 2.24) is 9.80 Å². The highest BCUT2D eigenvalue weighted by molar-refractivity contribution is 8.00. The van der Waals surface area contributed by atoms with Gasteiger partial charge >= 0.3 is 0 Å². The zero-order valence-electron chi connectivity index (χ0n) is 12.7. The molecule has 0 aliphatic carbocycles. The predicted octanol–water partition coefficient (Wildman–Crippen LogP) is 2.00. The first kappa shape index (κ1) is 15.4. The Hall–Kier alpha value is -1.49. The van der Waals surface area contributed by atoms with Crippen LogP contribution in [-0.4, -0.2) is 52.9 Å². The van der Waals surface area contributed by atoms with Crippen molar-refractivity contribution in [2.24, 2.45) is 5.92 Å². The number of nitrogens with zero attached hydrogens (tertiary/aromatic N) is 2. The number of carbonyl (C=O) groups is 2. The van der Waals surface area contributed by atoms with E-state index in [1.807, 2.05) is 11.0 Å². The van der Waals surface area contributed by atoms with Gasteiger partial charge in [0.2, 0.25) is 11.8 Å². The summed E-state index contributed by atoms with van der Waals surface area (Å²) < 4.78 is 0. The van der Waals surface area contributed by atoms with E-state index < -0.39 is 0 Å². The fraction of sp³-hybridized carbons (Fsp3) is 0.529. The third-order valence-electron chi connectivity index (χ3n) is 4.49. The van der Waals surface area contributed by atoms with Gasteiger partial charge in [-0.05, 0) is 30.7 Å². The summed E-state index contributed by atoms with van der Waals surface area (Å²) in [4.78, 5) is 27.5. The van der Waals surface area contributed by atoms with Crippen molar-refractivity contribution >= 4 is 23.6 Å². The number of amides is 2. The summed E-state index contributed by atoms with van der Waals surface area (Å²) in [5.74, 6) is 2.04. The van der Waals surface area contributed by atoms with Gasteiger partial charge in [-0.25, -0.2) is 0 Å². The summed E-state index contributed by atoms with van der Waals surface area (Å²) in [5, 5.41) is 0. The summed E-state index contributed by atoms with van der Waals surface area (Å²) in [6, 6.07) is 10.6. The summed E-state index contributed by atoms with van der Waals surface area (Å²) in [7, 11) is 0. The minimum absolute atomic E-state index is 0.0947. The standard InChI is InChI=1S/C17H22N2O2S/c20-16(11-19-13-22-12-17(19)21)18-8-6-15(7-9-18)10-14-4-2-1-3-5-14/h1-5,15H,6-13H2. The van der Waals surface area contributed by atoms with Gasteiger partial charge in [-0.2, -0.15) is 0 Å². The van der Waals surface area contributed by atoms with Crippen molar-refractivity contribution in [1.29, 1.82) is 0 Å². The van der Waals surface area contributed by atoms with Gasteiger partial charge in [-0.15, -0.1) is 11.8 Å². The zero-order valence-corrected chi connectivity index (χ0v) is 13.6. The quantitative estimate of drug-likeness (QED) is 0.852. The fourth-order valence-corrected chi connectivity index (χ4v) is 4.04. The van der Waals surface area contributed by atoms with Crippen LogP contribution in [-0.2, 0) is 16.0 Å². The van der Waals surface area contributed by atoms with Crippen LogP contribution < -0.4 is 0 Å². The van der Waals surface area contributed by atoms with E-state index in [1.54, 1.807) is 16.7 Å². The molecule has 4 nitrogen and oxygen atoms in total. The van der Waals surface area contributed by atoms with Gasteiger partial charge in [0.25, 0.3) is 0 Å². The van der Waals surface area contributed by atoms with E-state index in [0.29, 0.717) is 17.5 Å². The van der Waals surface area contributed by atoms with Crippen LogP contribution in [0.1, 0.15) is 18.4 Å². The minimum atomic E-state index is 0.0947. The molecule has 2 fully saturated rings. The Morgan fingerprint density at radius 3 is 2.55 bits per heavy atom. The highest BCUT2D eigenvalue weighted by Gasteiger charge is 2.27. The van der Waals surface area contributed by atoms with E-state index in [2.05, 4.69) is 24.3 Å². The largest absolute Gasteiger partial charge is 0.341 e. The van der Waals surface area contributed by atoms with E-state index in [0.717, 1.165) is 32.4 Å². The first-order valence-corrected chi connectivity index (χ1v) is 9.05. The summed E-state index contributed by atoms with van der Waals surface area (Å²) in [6.45, 7) is 1.91. The van der Waals surface area contributed by atoms with Gasteiger partial charge in [-0.3, -0.25) is 9.59 Å². The summed E-state index contributed by atoms with van der Waals surface area (Å²) in [5.41, 5.74) is 1.38. The molecule has 22 heavy (non-hydrogen) atoms. The Morgan fingerprint density at radius 1 is 1.18 bits per heavy atom. The van der Waals surface area contributed by atoms with E-state index in [4.69, 9.17) is 0 Å². The average Bonchev–Trinajstić information content (AvgIpc) is 2.94. The molecule has 118 valence electrons. The van der Waals surface area contributed by atoms with Gasteiger partial charge in [-0.1, -0.05) is 30.3 Å². The lowest BCUT2D eigenvalue weighted by Crippen LogP contribution is -2.44. The second kappa shape index (κ2) is 7.18. The molecule has 0 aromatic heterocycles. The Labute approximate surface area is 135 Å². The number of thioether (sulfide) groups is 1. The summed E-state index contributed by atoms with van der Waals surface area (Å²) in [6.07, 6.45) is 3.22. The van der Waals surface area contributed by atoms with Gasteiger partial charge in [0, 0.05) is 13.1 Å². The van der Waals surface area contributed by atoms with Crippen molar-refractivity contribution in [3.63, 3.8) is 0 Å². The van der Waals surface area contributed by atoms with Crippen LogP contribution in [0.25, 0.3) is 0 Å². The van der Waals surface area contributed by atoms with Crippen LogP contribution >= 0.6 is 11.8 Å². The normalized spacial score (nSPS) is 19.7.